The van der Waals surface area contributed by atoms with E-state index in [9.17, 15) is 5.11 Å². The van der Waals surface area contributed by atoms with Gasteiger partial charge in [-0.15, -0.1) is 0 Å². The van der Waals surface area contributed by atoms with E-state index in [1.807, 2.05) is 25.9 Å². The van der Waals surface area contributed by atoms with E-state index in [0.29, 0.717) is 55.5 Å². The van der Waals surface area contributed by atoms with Crippen LogP contribution in [0.5, 0.6) is 11.6 Å². The van der Waals surface area contributed by atoms with E-state index in [4.69, 9.17) is 23.4 Å². The van der Waals surface area contributed by atoms with Gasteiger partial charge >= 0.3 is 0 Å². The van der Waals surface area contributed by atoms with E-state index in [1.54, 1.807) is 6.20 Å². The Balaban J connectivity index is 1.77. The fourth-order valence-electron chi connectivity index (χ4n) is 7.12. The van der Waals surface area contributed by atoms with E-state index in [0.717, 1.165) is 31.2 Å². The van der Waals surface area contributed by atoms with Crippen molar-refractivity contribution in [3.8, 4) is 11.6 Å². The van der Waals surface area contributed by atoms with Gasteiger partial charge in [-0.05, 0) is 61.4 Å². The number of aliphatic hydroxyl groups excluding tert-OH is 1. The van der Waals surface area contributed by atoms with Crippen molar-refractivity contribution in [2.75, 3.05) is 38.8 Å². The minimum absolute atomic E-state index is 0.0819. The van der Waals surface area contributed by atoms with E-state index in [-0.39, 0.29) is 27.8 Å². The molecule has 2 aromatic rings. The smallest absolute Gasteiger partial charge is 0.265 e. The third kappa shape index (κ3) is 5.87. The van der Waals surface area contributed by atoms with Crippen LogP contribution < -0.4 is 19.7 Å². The Kier molecular flexibility index (Phi) is 10.2. The van der Waals surface area contributed by atoms with Crippen molar-refractivity contribution in [1.82, 2.24) is 15.5 Å². The van der Waals surface area contributed by atoms with Crippen LogP contribution in [0.3, 0.4) is 0 Å². The second-order valence-corrected chi connectivity index (χ2v) is 19.8. The van der Waals surface area contributed by atoms with Gasteiger partial charge in [0, 0.05) is 31.1 Å². The lowest BCUT2D eigenvalue weighted by molar-refractivity contribution is -0.138. The SMILES string of the molecule is CCCCOc1cnc(N(C)C)c2c1C(O)=C1C(=O)[C@]3(O[Si](C)(C)C(C)(C)C)C(=O)c4c(OCCCC)noc4[C@@H](NCC)[C@@H]3C[C@@H]1C2. The van der Waals surface area contributed by atoms with Gasteiger partial charge in [-0.2, -0.15) is 0 Å². The molecule has 5 rings (SSSR count). The van der Waals surface area contributed by atoms with Gasteiger partial charge in [0.2, 0.25) is 11.6 Å². The number of unbranched alkanes of at least 4 members (excludes halogenated alkanes) is 2. The van der Waals surface area contributed by atoms with E-state index in [2.05, 4.69) is 58.2 Å². The van der Waals surface area contributed by atoms with Crippen LogP contribution in [0.2, 0.25) is 18.1 Å². The molecule has 2 N–H and O–H groups in total. The van der Waals surface area contributed by atoms with Crippen molar-refractivity contribution in [2.24, 2.45) is 11.8 Å². The Bertz CT molecular complexity index is 1580. The van der Waals surface area contributed by atoms with Crippen LogP contribution in [-0.4, -0.2) is 74.6 Å². The first-order chi connectivity index (χ1) is 22.7. The third-order valence-corrected chi connectivity index (χ3v) is 15.1. The standard InChI is InChI=1S/C36H54N4O7Si/c1-11-14-16-44-24-20-38-33(40(7)8)22-18-21-19-23-28(37-13-3)30-27(34(39-46-30)45-17-15-12-2)32(43)36(23,47-48(9,10)35(4,5)6)31(42)25(21)29(41)26(22)24/h20-21,23,28,37,41H,11-19H2,1-10H3/t21-,23-,28-,36-/m0/s1. The number of nitrogens with one attached hydrogen (secondary N) is 1. The molecular weight excluding hydrogens is 629 g/mol. The second kappa shape index (κ2) is 13.6. The van der Waals surface area contributed by atoms with Gasteiger partial charge in [-0.3, -0.25) is 9.59 Å². The average molecular weight is 683 g/mol. The van der Waals surface area contributed by atoms with E-state index >= 15 is 9.59 Å². The summed E-state index contributed by atoms with van der Waals surface area (Å²) in [6.45, 7) is 17.8. The molecule has 3 aliphatic carbocycles. The number of nitrogens with zero attached hydrogens (tertiary/aromatic N) is 3. The monoisotopic (exact) mass is 682 g/mol. The summed E-state index contributed by atoms with van der Waals surface area (Å²) < 4.78 is 25.3. The number of aromatic nitrogens is 2. The molecule has 2 heterocycles. The summed E-state index contributed by atoms with van der Waals surface area (Å²) in [5.74, 6) is -0.609. The van der Waals surface area contributed by atoms with Crippen LogP contribution in [0.1, 0.15) is 107 Å². The quantitative estimate of drug-likeness (QED) is 0.131. The molecule has 1 saturated carbocycles. The van der Waals surface area contributed by atoms with Gasteiger partial charge in [-0.25, -0.2) is 4.98 Å². The number of anilines is 1. The summed E-state index contributed by atoms with van der Waals surface area (Å²) in [6, 6.07) is -0.548. The fraction of sp³-hybridized carbons (Fsp3) is 0.667. The topological polar surface area (TPSA) is 136 Å². The maximum Gasteiger partial charge on any atom is 0.265 e. The number of pyridine rings is 1. The molecule has 0 radical (unpaired) electrons. The summed E-state index contributed by atoms with van der Waals surface area (Å²) in [5, 5.41) is 19.7. The Hall–Kier alpha value is -3.22. The van der Waals surface area contributed by atoms with Crippen molar-refractivity contribution in [3.05, 3.63) is 34.2 Å². The molecular formula is C36H54N4O7Si. The van der Waals surface area contributed by atoms with Gasteiger partial charge in [-0.1, -0.05) is 54.4 Å². The summed E-state index contributed by atoms with van der Waals surface area (Å²) in [6.07, 6.45) is 5.90. The van der Waals surface area contributed by atoms with Crippen LogP contribution >= 0.6 is 0 Å². The molecule has 1 fully saturated rings. The van der Waals surface area contributed by atoms with Crippen LogP contribution in [0.25, 0.3) is 5.76 Å². The zero-order chi connectivity index (χ0) is 35.2. The summed E-state index contributed by atoms with van der Waals surface area (Å²) >= 11 is 0. The number of hydrogen-bond acceptors (Lipinski definition) is 11. The first kappa shape index (κ1) is 36.1. The molecule has 48 heavy (non-hydrogen) atoms. The maximum absolute atomic E-state index is 15.5. The number of fused-ring (bicyclic) bond motifs is 4. The number of carbonyl (C=O) groups is 2. The Morgan fingerprint density at radius 3 is 2.33 bits per heavy atom. The lowest BCUT2D eigenvalue weighted by atomic mass is 9.57. The third-order valence-electron chi connectivity index (χ3n) is 10.6. The highest BCUT2D eigenvalue weighted by atomic mass is 28.4. The zero-order valence-corrected chi connectivity index (χ0v) is 31.4. The lowest BCUT2D eigenvalue weighted by Crippen LogP contribution is -2.68. The summed E-state index contributed by atoms with van der Waals surface area (Å²) in [4.78, 5) is 37.3. The molecule has 264 valence electrons. The molecule has 11 nitrogen and oxygen atoms in total. The number of hydrogen-bond donors (Lipinski definition) is 2. The average Bonchev–Trinajstić information content (AvgIpc) is 3.43. The van der Waals surface area contributed by atoms with E-state index in [1.165, 1.54) is 0 Å². The van der Waals surface area contributed by atoms with Crippen LogP contribution in [0.4, 0.5) is 5.82 Å². The van der Waals surface area contributed by atoms with Gasteiger partial charge in [0.05, 0.1) is 31.0 Å². The second-order valence-electron chi connectivity index (χ2n) is 15.1. The molecule has 2 aromatic heterocycles. The molecule has 0 aliphatic heterocycles. The summed E-state index contributed by atoms with van der Waals surface area (Å²) in [5.41, 5.74) is -0.274. The largest absolute Gasteiger partial charge is 0.507 e. The molecule has 0 amide bonds. The van der Waals surface area contributed by atoms with Gasteiger partial charge < -0.3 is 33.7 Å². The van der Waals surface area contributed by atoms with Gasteiger partial charge in [0.15, 0.2) is 19.7 Å². The van der Waals surface area contributed by atoms with Crippen LogP contribution in [-0.2, 0) is 15.6 Å². The predicted molar refractivity (Wildman–Crippen MR) is 187 cm³/mol. The molecule has 0 bridgehead atoms. The Morgan fingerprint density at radius 2 is 1.73 bits per heavy atom. The Labute approximate surface area is 285 Å². The normalized spacial score (nSPS) is 23.8. The highest BCUT2D eigenvalue weighted by Gasteiger charge is 2.68. The number of rotatable bonds is 13. The maximum atomic E-state index is 15.5. The van der Waals surface area contributed by atoms with Crippen LogP contribution in [0.15, 0.2) is 16.3 Å². The number of carbonyl (C=O) groups excluding carboxylic acids is 2. The van der Waals surface area contributed by atoms with Crippen molar-refractivity contribution in [1.29, 1.82) is 0 Å². The molecule has 0 aromatic carbocycles. The van der Waals surface area contributed by atoms with Crippen LogP contribution in [0, 0.1) is 11.8 Å². The van der Waals surface area contributed by atoms with Crippen molar-refractivity contribution in [2.45, 2.75) is 110 Å². The number of Topliss-reactive ketones (excluding diaryl/α,β-unsaturated/α-hetero) is 2. The fourth-order valence-corrected chi connectivity index (χ4v) is 8.57. The number of ether oxygens (including phenoxy) is 2. The summed E-state index contributed by atoms with van der Waals surface area (Å²) in [7, 11) is 1.01. The molecule has 12 heteroatoms. The van der Waals surface area contributed by atoms with E-state index < -0.39 is 43.4 Å². The molecule has 0 spiro atoms. The zero-order valence-electron chi connectivity index (χ0n) is 30.4. The first-order valence-corrected chi connectivity index (χ1v) is 20.5. The Morgan fingerprint density at radius 1 is 1.06 bits per heavy atom. The minimum atomic E-state index is -2.81. The highest BCUT2D eigenvalue weighted by molar-refractivity contribution is 6.74. The lowest BCUT2D eigenvalue weighted by Gasteiger charge is -2.54. The first-order valence-electron chi connectivity index (χ1n) is 17.6. The van der Waals surface area contributed by atoms with Gasteiger partial charge in [0.1, 0.15) is 22.9 Å². The minimum Gasteiger partial charge on any atom is -0.507 e. The number of ketones is 2. The van der Waals surface area contributed by atoms with Crippen molar-refractivity contribution < 1.29 is 33.1 Å². The molecule has 4 atom stereocenters. The highest BCUT2D eigenvalue weighted by Crippen LogP contribution is 2.58. The molecule has 0 unspecified atom stereocenters. The van der Waals surface area contributed by atoms with Crippen molar-refractivity contribution >= 4 is 31.5 Å². The van der Waals surface area contributed by atoms with Crippen molar-refractivity contribution in [3.63, 3.8) is 0 Å². The van der Waals surface area contributed by atoms with Gasteiger partial charge in [0.25, 0.3) is 5.88 Å². The molecule has 0 saturated heterocycles. The number of aliphatic hydroxyl groups is 1. The predicted octanol–water partition coefficient (Wildman–Crippen LogP) is 6.83. The molecule has 3 aliphatic rings.